The van der Waals surface area contributed by atoms with Gasteiger partial charge in [0.05, 0.1) is 5.69 Å². The van der Waals surface area contributed by atoms with Crippen LogP contribution in [0.4, 0.5) is 5.69 Å². The van der Waals surface area contributed by atoms with Crippen molar-refractivity contribution in [1.82, 2.24) is 9.47 Å². The molecule has 18 heavy (non-hydrogen) atoms. The molecule has 4 heteroatoms. The number of aryl methyl sites for hydroxylation is 1. The van der Waals surface area contributed by atoms with Crippen molar-refractivity contribution < 1.29 is 4.79 Å². The van der Waals surface area contributed by atoms with Gasteiger partial charge in [-0.05, 0) is 24.8 Å². The van der Waals surface area contributed by atoms with E-state index >= 15 is 0 Å². The topological polar surface area (TPSA) is 51.3 Å². The zero-order valence-corrected chi connectivity index (χ0v) is 11.9. The second-order valence-electron chi connectivity index (χ2n) is 5.26. The predicted octanol–water partition coefficient (Wildman–Crippen LogP) is 2.60. The van der Waals surface area contributed by atoms with Gasteiger partial charge in [-0.2, -0.15) is 0 Å². The minimum absolute atomic E-state index is 0.0563. The normalized spacial score (nSPS) is 10.9. The first-order chi connectivity index (χ1) is 8.45. The van der Waals surface area contributed by atoms with E-state index in [4.69, 9.17) is 5.73 Å². The van der Waals surface area contributed by atoms with Gasteiger partial charge < -0.3 is 15.2 Å². The van der Waals surface area contributed by atoms with Gasteiger partial charge in [-0.15, -0.1) is 0 Å². The van der Waals surface area contributed by atoms with Crippen LogP contribution >= 0.6 is 0 Å². The molecule has 0 aliphatic rings. The number of rotatable bonds is 6. The molecule has 0 fully saturated rings. The minimum Gasteiger partial charge on any atom is -0.397 e. The third-order valence-corrected chi connectivity index (χ3v) is 2.99. The zero-order chi connectivity index (χ0) is 13.7. The molecule has 1 aromatic rings. The van der Waals surface area contributed by atoms with Crippen molar-refractivity contribution in [3.8, 4) is 0 Å². The average Bonchev–Trinajstić information content (AvgIpc) is 2.66. The number of aromatic nitrogens is 1. The molecule has 1 amide bonds. The highest BCUT2D eigenvalue weighted by molar-refractivity contribution is 5.93. The van der Waals surface area contributed by atoms with Gasteiger partial charge in [-0.1, -0.05) is 20.8 Å². The van der Waals surface area contributed by atoms with E-state index in [1.807, 2.05) is 17.8 Å². The molecule has 0 unspecified atom stereocenters. The Labute approximate surface area is 110 Å². The van der Waals surface area contributed by atoms with Crippen molar-refractivity contribution in [1.29, 1.82) is 0 Å². The molecule has 1 aromatic heterocycles. The summed E-state index contributed by atoms with van der Waals surface area (Å²) in [6, 6.07) is 1.77. The lowest BCUT2D eigenvalue weighted by Crippen LogP contribution is -2.30. The van der Waals surface area contributed by atoms with E-state index in [9.17, 15) is 4.79 Å². The molecule has 0 bridgehead atoms. The Bertz CT molecular complexity index is 396. The van der Waals surface area contributed by atoms with E-state index < -0.39 is 0 Å². The Morgan fingerprint density at radius 3 is 2.72 bits per heavy atom. The van der Waals surface area contributed by atoms with Crippen LogP contribution in [0.3, 0.4) is 0 Å². The number of anilines is 1. The fourth-order valence-electron chi connectivity index (χ4n) is 1.89. The van der Waals surface area contributed by atoms with Crippen LogP contribution in [-0.4, -0.2) is 29.0 Å². The average molecular weight is 251 g/mol. The van der Waals surface area contributed by atoms with Crippen LogP contribution in [-0.2, 0) is 6.54 Å². The molecule has 1 rings (SSSR count). The molecular weight excluding hydrogens is 226 g/mol. The summed E-state index contributed by atoms with van der Waals surface area (Å²) in [7, 11) is 1.85. The van der Waals surface area contributed by atoms with Crippen LogP contribution in [0.25, 0.3) is 0 Å². The molecule has 0 aliphatic heterocycles. The fraction of sp³-hybridized carbons (Fsp3) is 0.643. The maximum absolute atomic E-state index is 12.3. The van der Waals surface area contributed by atoms with Crippen LogP contribution in [0, 0.1) is 5.92 Å². The molecule has 0 saturated heterocycles. The predicted molar refractivity (Wildman–Crippen MR) is 75.6 cm³/mol. The summed E-state index contributed by atoms with van der Waals surface area (Å²) in [5.41, 5.74) is 7.13. The summed E-state index contributed by atoms with van der Waals surface area (Å²) in [6.45, 7) is 8.03. The highest BCUT2D eigenvalue weighted by Crippen LogP contribution is 2.14. The number of carbonyl (C=O) groups is 1. The fourth-order valence-corrected chi connectivity index (χ4v) is 1.89. The van der Waals surface area contributed by atoms with Gasteiger partial charge in [-0.25, -0.2) is 0 Å². The van der Waals surface area contributed by atoms with Crippen LogP contribution in [0.1, 0.15) is 44.1 Å². The SMILES string of the molecule is CCCn1cc(N)cc1C(=O)N(C)CCC(C)C. The minimum atomic E-state index is 0.0563. The summed E-state index contributed by atoms with van der Waals surface area (Å²) in [4.78, 5) is 14.1. The smallest absolute Gasteiger partial charge is 0.270 e. The number of amides is 1. The van der Waals surface area contributed by atoms with Crippen molar-refractivity contribution in [2.45, 2.75) is 40.2 Å². The number of hydrogen-bond donors (Lipinski definition) is 1. The quantitative estimate of drug-likeness (QED) is 0.845. The van der Waals surface area contributed by atoms with E-state index in [0.717, 1.165) is 25.9 Å². The lowest BCUT2D eigenvalue weighted by Gasteiger charge is -2.19. The van der Waals surface area contributed by atoms with E-state index in [-0.39, 0.29) is 5.91 Å². The number of carbonyl (C=O) groups excluding carboxylic acids is 1. The van der Waals surface area contributed by atoms with Crippen LogP contribution < -0.4 is 5.73 Å². The second kappa shape index (κ2) is 6.47. The number of hydrogen-bond acceptors (Lipinski definition) is 2. The number of nitrogens with zero attached hydrogens (tertiary/aromatic N) is 2. The standard InChI is InChI=1S/C14H25N3O/c1-5-7-17-10-12(15)9-13(17)14(18)16(4)8-6-11(2)3/h9-11H,5-8,15H2,1-4H3. The Hall–Kier alpha value is -1.45. The third kappa shape index (κ3) is 3.79. The molecular formula is C14H25N3O. The molecule has 0 aliphatic carbocycles. The number of nitrogen functional groups attached to an aromatic ring is 1. The van der Waals surface area contributed by atoms with Crippen LogP contribution in [0.15, 0.2) is 12.3 Å². The highest BCUT2D eigenvalue weighted by atomic mass is 16.2. The Morgan fingerprint density at radius 2 is 2.17 bits per heavy atom. The molecule has 0 aromatic carbocycles. The lowest BCUT2D eigenvalue weighted by atomic mass is 10.1. The van der Waals surface area contributed by atoms with E-state index in [2.05, 4.69) is 20.8 Å². The largest absolute Gasteiger partial charge is 0.397 e. The molecule has 1 heterocycles. The molecule has 0 atom stereocenters. The Kier molecular flexibility index (Phi) is 5.25. The van der Waals surface area contributed by atoms with Gasteiger partial charge in [0.2, 0.25) is 0 Å². The van der Waals surface area contributed by atoms with Crippen molar-refractivity contribution in [3.63, 3.8) is 0 Å². The highest BCUT2D eigenvalue weighted by Gasteiger charge is 2.16. The van der Waals surface area contributed by atoms with Gasteiger partial charge in [0.15, 0.2) is 0 Å². The van der Waals surface area contributed by atoms with Crippen molar-refractivity contribution >= 4 is 11.6 Å². The first-order valence-electron chi connectivity index (χ1n) is 6.66. The van der Waals surface area contributed by atoms with Crippen LogP contribution in [0.5, 0.6) is 0 Å². The first-order valence-corrected chi connectivity index (χ1v) is 6.66. The van der Waals surface area contributed by atoms with E-state index in [1.165, 1.54) is 0 Å². The van der Waals surface area contributed by atoms with Gasteiger partial charge in [-0.3, -0.25) is 4.79 Å². The molecule has 0 radical (unpaired) electrons. The van der Waals surface area contributed by atoms with E-state index in [1.54, 1.807) is 11.0 Å². The summed E-state index contributed by atoms with van der Waals surface area (Å²) in [5.74, 6) is 0.661. The molecule has 0 spiro atoms. The molecule has 102 valence electrons. The number of nitrogens with two attached hydrogens (primary N) is 1. The molecule has 0 saturated carbocycles. The summed E-state index contributed by atoms with van der Waals surface area (Å²) < 4.78 is 1.95. The van der Waals surface area contributed by atoms with Gasteiger partial charge in [0.1, 0.15) is 5.69 Å². The summed E-state index contributed by atoms with van der Waals surface area (Å²) in [5, 5.41) is 0. The summed E-state index contributed by atoms with van der Waals surface area (Å²) >= 11 is 0. The van der Waals surface area contributed by atoms with Crippen molar-refractivity contribution in [2.75, 3.05) is 19.3 Å². The van der Waals surface area contributed by atoms with Crippen molar-refractivity contribution in [3.05, 3.63) is 18.0 Å². The maximum atomic E-state index is 12.3. The lowest BCUT2D eigenvalue weighted by molar-refractivity contribution is 0.0778. The maximum Gasteiger partial charge on any atom is 0.270 e. The molecule has 2 N–H and O–H groups in total. The monoisotopic (exact) mass is 251 g/mol. The van der Waals surface area contributed by atoms with Crippen molar-refractivity contribution in [2.24, 2.45) is 5.92 Å². The summed E-state index contributed by atoms with van der Waals surface area (Å²) in [6.07, 6.45) is 3.85. The Morgan fingerprint density at radius 1 is 1.50 bits per heavy atom. The Balaban J connectivity index is 2.76. The third-order valence-electron chi connectivity index (χ3n) is 2.99. The first kappa shape index (κ1) is 14.6. The van der Waals surface area contributed by atoms with E-state index in [0.29, 0.717) is 17.3 Å². The second-order valence-corrected chi connectivity index (χ2v) is 5.26. The van der Waals surface area contributed by atoms with Gasteiger partial charge in [0.25, 0.3) is 5.91 Å². The van der Waals surface area contributed by atoms with Gasteiger partial charge >= 0.3 is 0 Å². The molecule has 4 nitrogen and oxygen atoms in total. The zero-order valence-electron chi connectivity index (χ0n) is 11.9. The van der Waals surface area contributed by atoms with Gasteiger partial charge in [0, 0.05) is 26.3 Å². The van der Waals surface area contributed by atoms with Crippen LogP contribution in [0.2, 0.25) is 0 Å².